The van der Waals surface area contributed by atoms with Gasteiger partial charge in [-0.15, -0.1) is 0 Å². The maximum Gasteiger partial charge on any atom is 0.512 e. The summed E-state index contributed by atoms with van der Waals surface area (Å²) in [4.78, 5) is 0. The van der Waals surface area contributed by atoms with Gasteiger partial charge in [-0.1, -0.05) is 13.8 Å². The molecule has 1 fully saturated rings. The Balaban J connectivity index is 2.14. The molecule has 0 aromatic carbocycles. The fourth-order valence-electron chi connectivity index (χ4n) is 2.21. The third-order valence-corrected chi connectivity index (χ3v) is 4.31. The predicted molar refractivity (Wildman–Crippen MR) is 79.6 cm³/mol. The maximum absolute atomic E-state index is 6.11. The lowest BCUT2D eigenvalue weighted by molar-refractivity contribution is 0.00578. The lowest BCUT2D eigenvalue weighted by Crippen LogP contribution is -2.41. The van der Waals surface area contributed by atoms with Crippen molar-refractivity contribution in [2.45, 2.75) is 65.7 Å². The minimum Gasteiger partial charge on any atom is -0.398 e. The lowest BCUT2D eigenvalue weighted by atomic mass is 9.84. The summed E-state index contributed by atoms with van der Waals surface area (Å²) in [5.74, 6) is 0.702. The van der Waals surface area contributed by atoms with Crippen molar-refractivity contribution in [3.63, 3.8) is 0 Å². The molecule has 0 bridgehead atoms. The van der Waals surface area contributed by atoms with E-state index in [-0.39, 0.29) is 18.3 Å². The molecule has 4 heteroatoms. The van der Waals surface area contributed by atoms with E-state index in [4.69, 9.17) is 9.31 Å². The maximum atomic E-state index is 6.11. The Kier molecular flexibility index (Phi) is 3.85. The number of aromatic nitrogens is 1. The highest BCUT2D eigenvalue weighted by atomic mass is 16.7. The summed E-state index contributed by atoms with van der Waals surface area (Å²) in [5, 5.41) is 0. The summed E-state index contributed by atoms with van der Waals surface area (Å²) >= 11 is 0. The van der Waals surface area contributed by atoms with Crippen LogP contribution in [0.5, 0.6) is 0 Å². The lowest BCUT2D eigenvalue weighted by Gasteiger charge is -2.32. The average Bonchev–Trinajstić information content (AvgIpc) is 2.79. The van der Waals surface area contributed by atoms with Crippen LogP contribution < -0.4 is 5.59 Å². The zero-order chi connectivity index (χ0) is 14.3. The van der Waals surface area contributed by atoms with Crippen LogP contribution in [0, 0.1) is 5.92 Å². The molecule has 0 atom stereocenters. The van der Waals surface area contributed by atoms with E-state index in [1.54, 1.807) is 0 Å². The molecule has 0 amide bonds. The van der Waals surface area contributed by atoms with Gasteiger partial charge in [0, 0.05) is 18.3 Å². The molecule has 1 aromatic rings. The van der Waals surface area contributed by atoms with E-state index >= 15 is 0 Å². The van der Waals surface area contributed by atoms with Gasteiger partial charge in [0.1, 0.15) is 0 Å². The Morgan fingerprint density at radius 2 is 1.74 bits per heavy atom. The second kappa shape index (κ2) is 4.99. The molecule has 3 nitrogen and oxygen atoms in total. The van der Waals surface area contributed by atoms with Crippen LogP contribution in [-0.4, -0.2) is 22.9 Å². The van der Waals surface area contributed by atoms with Crippen molar-refractivity contribution in [3.8, 4) is 0 Å². The molecule has 0 aliphatic carbocycles. The van der Waals surface area contributed by atoms with Crippen molar-refractivity contribution in [3.05, 3.63) is 18.3 Å². The summed E-state index contributed by atoms with van der Waals surface area (Å²) in [5.41, 5.74) is 0.578. The second-order valence-corrected chi connectivity index (χ2v) is 6.90. The fourth-order valence-corrected chi connectivity index (χ4v) is 2.21. The Morgan fingerprint density at radius 3 is 2.26 bits per heavy atom. The zero-order valence-electron chi connectivity index (χ0n) is 13.1. The number of hydrogen-bond acceptors (Lipinski definition) is 2. The number of rotatable bonds is 4. The molecule has 2 rings (SSSR count). The van der Waals surface area contributed by atoms with E-state index < -0.39 is 0 Å². The minimum atomic E-state index is -0.273. The number of hydrogen-bond donors (Lipinski definition) is 0. The van der Waals surface area contributed by atoms with E-state index in [0.717, 1.165) is 12.1 Å². The highest BCUT2D eigenvalue weighted by Crippen LogP contribution is 2.36. The molecule has 19 heavy (non-hydrogen) atoms. The SMILES string of the molecule is CC(C)CCn1cccc1B1OC(C)(C)C(C)(C)O1. The molecular weight excluding hydrogens is 237 g/mol. The molecule has 1 aromatic heterocycles. The van der Waals surface area contributed by atoms with E-state index in [9.17, 15) is 0 Å². The van der Waals surface area contributed by atoms with E-state index in [1.165, 1.54) is 6.42 Å². The first kappa shape index (κ1) is 14.7. The molecule has 1 aliphatic rings. The molecule has 0 unspecified atom stereocenters. The largest absolute Gasteiger partial charge is 0.512 e. The molecular formula is C15H26BNO2. The van der Waals surface area contributed by atoms with Gasteiger partial charge < -0.3 is 13.9 Å². The summed E-state index contributed by atoms with van der Waals surface area (Å²) < 4.78 is 14.5. The molecule has 106 valence electrons. The third kappa shape index (κ3) is 2.90. The van der Waals surface area contributed by atoms with Crippen LogP contribution in [0.4, 0.5) is 0 Å². The van der Waals surface area contributed by atoms with E-state index in [2.05, 4.69) is 64.4 Å². The standard InChI is InChI=1S/C15H26BNO2/c1-12(2)9-11-17-10-7-8-13(17)16-18-14(3,4)15(5,6)19-16/h7-8,10,12H,9,11H2,1-6H3. The first-order chi connectivity index (χ1) is 8.73. The zero-order valence-corrected chi connectivity index (χ0v) is 13.1. The van der Waals surface area contributed by atoms with Crippen molar-refractivity contribution >= 4 is 12.7 Å². The van der Waals surface area contributed by atoms with E-state index in [1.807, 2.05) is 0 Å². The van der Waals surface area contributed by atoms with Crippen LogP contribution >= 0.6 is 0 Å². The van der Waals surface area contributed by atoms with Crippen molar-refractivity contribution < 1.29 is 9.31 Å². The van der Waals surface area contributed by atoms with Crippen LogP contribution in [0.25, 0.3) is 0 Å². The number of aryl methyl sites for hydroxylation is 1. The van der Waals surface area contributed by atoms with Gasteiger partial charge in [-0.25, -0.2) is 0 Å². The van der Waals surface area contributed by atoms with Crippen LogP contribution in [0.2, 0.25) is 0 Å². The summed E-state index contributed by atoms with van der Waals surface area (Å²) in [6, 6.07) is 4.17. The highest BCUT2D eigenvalue weighted by Gasteiger charge is 2.52. The Labute approximate surface area is 117 Å². The molecule has 0 saturated carbocycles. The third-order valence-electron chi connectivity index (χ3n) is 4.31. The van der Waals surface area contributed by atoms with E-state index in [0.29, 0.717) is 5.92 Å². The highest BCUT2D eigenvalue weighted by molar-refractivity contribution is 6.61. The van der Waals surface area contributed by atoms with Gasteiger partial charge in [0.15, 0.2) is 0 Å². The molecule has 1 saturated heterocycles. The fraction of sp³-hybridized carbons (Fsp3) is 0.733. The minimum absolute atomic E-state index is 0.257. The summed E-state index contributed by atoms with van der Waals surface area (Å²) in [6.45, 7) is 13.9. The van der Waals surface area contributed by atoms with Crippen molar-refractivity contribution in [2.75, 3.05) is 0 Å². The second-order valence-electron chi connectivity index (χ2n) is 6.90. The van der Waals surface area contributed by atoms with Gasteiger partial charge >= 0.3 is 7.12 Å². The van der Waals surface area contributed by atoms with Gasteiger partial charge in [0.2, 0.25) is 0 Å². The van der Waals surface area contributed by atoms with Crippen LogP contribution in [0.3, 0.4) is 0 Å². The molecule has 0 spiro atoms. The van der Waals surface area contributed by atoms with Crippen molar-refractivity contribution in [2.24, 2.45) is 5.92 Å². The van der Waals surface area contributed by atoms with Crippen LogP contribution in [0.1, 0.15) is 48.0 Å². The van der Waals surface area contributed by atoms with Crippen LogP contribution in [-0.2, 0) is 15.9 Å². The molecule has 2 heterocycles. The first-order valence-corrected chi connectivity index (χ1v) is 7.23. The van der Waals surface area contributed by atoms with Crippen LogP contribution in [0.15, 0.2) is 18.3 Å². The van der Waals surface area contributed by atoms with Gasteiger partial charge in [-0.05, 0) is 52.2 Å². The summed E-state index contributed by atoms with van der Waals surface area (Å²) in [6.07, 6.45) is 3.28. The Hall–Kier alpha value is -0.735. The quantitative estimate of drug-likeness (QED) is 0.780. The molecule has 1 aliphatic heterocycles. The number of nitrogens with zero attached hydrogens (tertiary/aromatic N) is 1. The summed E-state index contributed by atoms with van der Waals surface area (Å²) in [7, 11) is -0.257. The topological polar surface area (TPSA) is 23.4 Å². The average molecular weight is 263 g/mol. The van der Waals surface area contributed by atoms with Crippen molar-refractivity contribution in [1.82, 2.24) is 4.57 Å². The first-order valence-electron chi connectivity index (χ1n) is 7.23. The predicted octanol–water partition coefficient (Wildman–Crippen LogP) is 2.83. The van der Waals surface area contributed by atoms with Gasteiger partial charge in [0.25, 0.3) is 0 Å². The van der Waals surface area contributed by atoms with Gasteiger partial charge in [0.05, 0.1) is 11.2 Å². The molecule has 0 radical (unpaired) electrons. The Morgan fingerprint density at radius 1 is 1.16 bits per heavy atom. The molecule has 0 N–H and O–H groups in total. The normalized spacial score (nSPS) is 21.3. The monoisotopic (exact) mass is 263 g/mol. The Bertz CT molecular complexity index is 421. The van der Waals surface area contributed by atoms with Gasteiger partial charge in [-0.3, -0.25) is 0 Å². The smallest absolute Gasteiger partial charge is 0.398 e. The van der Waals surface area contributed by atoms with Gasteiger partial charge in [-0.2, -0.15) is 0 Å². The van der Waals surface area contributed by atoms with Crippen molar-refractivity contribution in [1.29, 1.82) is 0 Å².